The molecule has 5 nitrogen and oxygen atoms in total. The lowest BCUT2D eigenvalue weighted by Gasteiger charge is -2.12. The third-order valence-electron chi connectivity index (χ3n) is 10.4. The van der Waals surface area contributed by atoms with E-state index in [9.17, 15) is 5.26 Å². The second-order valence-electron chi connectivity index (χ2n) is 14.0. The number of rotatable bonds is 7. The van der Waals surface area contributed by atoms with E-state index in [4.69, 9.17) is 19.4 Å². The van der Waals surface area contributed by atoms with Gasteiger partial charge in [0.25, 0.3) is 0 Å². The van der Waals surface area contributed by atoms with Crippen molar-refractivity contribution in [2.24, 2.45) is 0 Å². The molecule has 8 aromatic carbocycles. The summed E-state index contributed by atoms with van der Waals surface area (Å²) < 4.78 is 6.62. The van der Waals surface area contributed by atoms with Gasteiger partial charge in [-0.15, -0.1) is 0 Å². The van der Waals surface area contributed by atoms with E-state index < -0.39 is 0 Å². The van der Waals surface area contributed by atoms with Crippen molar-refractivity contribution in [3.8, 4) is 84.7 Å². The molecule has 57 heavy (non-hydrogen) atoms. The molecule has 0 aliphatic carbocycles. The lowest BCUT2D eigenvalue weighted by atomic mass is 9.91. The predicted molar refractivity (Wildman–Crippen MR) is 230 cm³/mol. The van der Waals surface area contributed by atoms with Crippen molar-refractivity contribution >= 4 is 21.9 Å². The van der Waals surface area contributed by atoms with Crippen molar-refractivity contribution in [2.45, 2.75) is 0 Å². The quantitative estimate of drug-likeness (QED) is 0.163. The molecule has 0 amide bonds. The number of hydrogen-bond acceptors (Lipinski definition) is 5. The molecular weight excluding hydrogens is 697 g/mol. The van der Waals surface area contributed by atoms with Crippen LogP contribution in [0.2, 0.25) is 0 Å². The van der Waals surface area contributed by atoms with Crippen LogP contribution in [-0.4, -0.2) is 15.0 Å². The van der Waals surface area contributed by atoms with E-state index in [1.165, 1.54) is 11.1 Å². The van der Waals surface area contributed by atoms with E-state index in [-0.39, 0.29) is 0 Å². The maximum Gasteiger partial charge on any atom is 0.164 e. The molecule has 0 N–H and O–H groups in total. The molecule has 2 aromatic heterocycles. The predicted octanol–water partition coefficient (Wildman–Crippen LogP) is 13.3. The van der Waals surface area contributed by atoms with Gasteiger partial charge in [0.05, 0.1) is 11.6 Å². The number of hydrogen-bond donors (Lipinski definition) is 0. The number of furan rings is 1. The average Bonchev–Trinajstić information content (AvgIpc) is 3.68. The Balaban J connectivity index is 1.08. The first kappa shape index (κ1) is 33.6. The summed E-state index contributed by atoms with van der Waals surface area (Å²) in [4.78, 5) is 15.0. The molecule has 10 aromatic rings. The standard InChI is InChI=1S/C52H32N4O/c53-33-34-19-21-37(22-20-34)38-23-25-40(26-24-38)51-54-50(39-15-8-3-9-16-39)55-52(56-51)41-27-28-46-48(32-41)57-47-18-10-17-45(49(46)47)44-30-42(35-11-4-1-5-12-35)29-43(31-44)36-13-6-2-7-14-36/h1-32H. The van der Waals surface area contributed by atoms with Gasteiger partial charge in [-0.05, 0) is 93.0 Å². The molecule has 0 atom stereocenters. The highest BCUT2D eigenvalue weighted by Crippen LogP contribution is 2.41. The van der Waals surface area contributed by atoms with E-state index in [0.29, 0.717) is 23.0 Å². The molecule has 266 valence electrons. The molecule has 0 unspecified atom stereocenters. The van der Waals surface area contributed by atoms with Crippen LogP contribution in [0.4, 0.5) is 0 Å². The monoisotopic (exact) mass is 728 g/mol. The van der Waals surface area contributed by atoms with Gasteiger partial charge in [-0.2, -0.15) is 5.26 Å². The van der Waals surface area contributed by atoms with Gasteiger partial charge >= 0.3 is 0 Å². The molecule has 0 aliphatic rings. The Morgan fingerprint density at radius 2 is 0.807 bits per heavy atom. The van der Waals surface area contributed by atoms with Crippen LogP contribution in [0.15, 0.2) is 199 Å². The lowest BCUT2D eigenvalue weighted by Crippen LogP contribution is -2.00. The molecule has 0 fully saturated rings. The first-order chi connectivity index (χ1) is 28.2. The Morgan fingerprint density at radius 1 is 0.351 bits per heavy atom. The van der Waals surface area contributed by atoms with E-state index in [1.54, 1.807) is 0 Å². The van der Waals surface area contributed by atoms with Gasteiger partial charge in [-0.1, -0.05) is 146 Å². The average molecular weight is 729 g/mol. The van der Waals surface area contributed by atoms with Gasteiger partial charge in [0.2, 0.25) is 0 Å². The number of aromatic nitrogens is 3. The third-order valence-corrected chi connectivity index (χ3v) is 10.4. The molecule has 0 radical (unpaired) electrons. The summed E-state index contributed by atoms with van der Waals surface area (Å²) in [6.45, 7) is 0. The largest absolute Gasteiger partial charge is 0.456 e. The minimum absolute atomic E-state index is 0.556. The van der Waals surface area contributed by atoms with E-state index in [2.05, 4.69) is 121 Å². The van der Waals surface area contributed by atoms with Crippen molar-refractivity contribution in [3.05, 3.63) is 200 Å². The Bertz CT molecular complexity index is 3040. The summed E-state index contributed by atoms with van der Waals surface area (Å²) in [6.07, 6.45) is 0. The first-order valence-corrected chi connectivity index (χ1v) is 18.8. The summed E-state index contributed by atoms with van der Waals surface area (Å²) in [5, 5.41) is 11.3. The molecule has 0 bridgehead atoms. The Kier molecular flexibility index (Phi) is 8.48. The molecular formula is C52H32N4O. The Labute approximate surface area is 329 Å². The van der Waals surface area contributed by atoms with Gasteiger partial charge in [-0.25, -0.2) is 15.0 Å². The fourth-order valence-electron chi connectivity index (χ4n) is 7.48. The summed E-state index contributed by atoms with van der Waals surface area (Å²) in [5.41, 5.74) is 13.7. The van der Waals surface area contributed by atoms with Crippen molar-refractivity contribution in [2.75, 3.05) is 0 Å². The molecule has 0 spiro atoms. The minimum Gasteiger partial charge on any atom is -0.456 e. The topological polar surface area (TPSA) is 75.6 Å². The van der Waals surface area contributed by atoms with Crippen molar-refractivity contribution in [1.82, 2.24) is 15.0 Å². The summed E-state index contributed by atoms with van der Waals surface area (Å²) in [6, 6.07) is 68.3. The van der Waals surface area contributed by atoms with Crippen LogP contribution < -0.4 is 0 Å². The van der Waals surface area contributed by atoms with Gasteiger partial charge in [-0.3, -0.25) is 0 Å². The minimum atomic E-state index is 0.556. The number of fused-ring (bicyclic) bond motifs is 3. The van der Waals surface area contributed by atoms with Crippen LogP contribution in [0.25, 0.3) is 101 Å². The lowest BCUT2D eigenvalue weighted by molar-refractivity contribution is 0.669. The first-order valence-electron chi connectivity index (χ1n) is 18.8. The van der Waals surface area contributed by atoms with Crippen LogP contribution in [0, 0.1) is 11.3 Å². The zero-order valence-electron chi connectivity index (χ0n) is 30.7. The molecule has 10 rings (SSSR count). The number of nitrogens with zero attached hydrogens (tertiary/aromatic N) is 4. The van der Waals surface area contributed by atoms with Crippen LogP contribution in [-0.2, 0) is 0 Å². The maximum absolute atomic E-state index is 9.22. The zero-order valence-corrected chi connectivity index (χ0v) is 30.7. The SMILES string of the molecule is N#Cc1ccc(-c2ccc(-c3nc(-c4ccccc4)nc(-c4ccc5c(c4)oc4cccc(-c6cc(-c7ccccc7)cc(-c7ccccc7)c6)c45)n3)cc2)cc1. The maximum atomic E-state index is 9.22. The Morgan fingerprint density at radius 3 is 1.39 bits per heavy atom. The molecule has 0 saturated carbocycles. The highest BCUT2D eigenvalue weighted by atomic mass is 16.3. The second-order valence-corrected chi connectivity index (χ2v) is 14.0. The van der Waals surface area contributed by atoms with E-state index in [1.807, 2.05) is 78.9 Å². The molecule has 5 heteroatoms. The normalized spacial score (nSPS) is 11.1. The van der Waals surface area contributed by atoms with Gasteiger partial charge in [0.15, 0.2) is 17.5 Å². The van der Waals surface area contributed by atoms with Crippen LogP contribution in [0.5, 0.6) is 0 Å². The van der Waals surface area contributed by atoms with E-state index in [0.717, 1.165) is 72.0 Å². The van der Waals surface area contributed by atoms with Gasteiger partial charge in [0, 0.05) is 27.5 Å². The fraction of sp³-hybridized carbons (Fsp3) is 0. The Hall–Kier alpha value is -7.94. The summed E-state index contributed by atoms with van der Waals surface area (Å²) >= 11 is 0. The van der Waals surface area contributed by atoms with Gasteiger partial charge in [0.1, 0.15) is 11.2 Å². The van der Waals surface area contributed by atoms with Crippen LogP contribution in [0.1, 0.15) is 5.56 Å². The van der Waals surface area contributed by atoms with Crippen LogP contribution >= 0.6 is 0 Å². The van der Waals surface area contributed by atoms with Crippen molar-refractivity contribution in [3.63, 3.8) is 0 Å². The fourth-order valence-corrected chi connectivity index (χ4v) is 7.48. The van der Waals surface area contributed by atoms with Crippen molar-refractivity contribution < 1.29 is 4.42 Å². The molecule has 0 aliphatic heterocycles. The third kappa shape index (κ3) is 6.52. The second kappa shape index (κ2) is 14.4. The van der Waals surface area contributed by atoms with Gasteiger partial charge < -0.3 is 4.42 Å². The molecule has 0 saturated heterocycles. The van der Waals surface area contributed by atoms with Crippen LogP contribution in [0.3, 0.4) is 0 Å². The zero-order chi connectivity index (χ0) is 38.1. The van der Waals surface area contributed by atoms with E-state index >= 15 is 0 Å². The summed E-state index contributed by atoms with van der Waals surface area (Å²) in [7, 11) is 0. The number of nitriles is 1. The highest BCUT2D eigenvalue weighted by molar-refractivity contribution is 6.13. The highest BCUT2D eigenvalue weighted by Gasteiger charge is 2.18. The number of benzene rings is 8. The molecule has 2 heterocycles. The summed E-state index contributed by atoms with van der Waals surface area (Å²) in [5.74, 6) is 1.72. The van der Waals surface area contributed by atoms with Crippen molar-refractivity contribution in [1.29, 1.82) is 5.26 Å². The smallest absolute Gasteiger partial charge is 0.164 e.